The molecule has 1 aliphatic heterocycles. The molecule has 148 valence electrons. The number of aryl methyl sites for hydroxylation is 1. The summed E-state index contributed by atoms with van der Waals surface area (Å²) < 4.78 is 28.8. The summed E-state index contributed by atoms with van der Waals surface area (Å²) in [6.45, 7) is 3.96. The molecule has 28 heavy (non-hydrogen) atoms. The molecular formula is C18H19N3O4S3. The molecule has 0 aliphatic carbocycles. The molecule has 3 rings (SSSR count). The minimum Gasteiger partial charge on any atom is -0.326 e. The number of anilines is 1. The van der Waals surface area contributed by atoms with Gasteiger partial charge < -0.3 is 5.32 Å². The summed E-state index contributed by atoms with van der Waals surface area (Å²) in [4.78, 5) is 26.2. The van der Waals surface area contributed by atoms with E-state index < -0.39 is 15.3 Å². The molecular weight excluding hydrogens is 418 g/mol. The van der Waals surface area contributed by atoms with Gasteiger partial charge in [0.15, 0.2) is 5.17 Å². The smallest absolute Gasteiger partial charge is 0.294 e. The van der Waals surface area contributed by atoms with E-state index in [1.807, 2.05) is 19.1 Å². The van der Waals surface area contributed by atoms with E-state index in [4.69, 9.17) is 0 Å². The standard InChI is InChI=1S/C18H19N3O4S3/c1-3-21-17(23)14(11-15(22)19-13-8-6-12(2)7-9-13)27-18(21)20-28(24,25)16-5-4-10-26-16/h4-10,14H,3,11H2,1-2H3,(H,19,22)/b20-18+. The van der Waals surface area contributed by atoms with Gasteiger partial charge in [0.2, 0.25) is 11.8 Å². The van der Waals surface area contributed by atoms with Crippen LogP contribution in [0, 0.1) is 6.92 Å². The van der Waals surface area contributed by atoms with Crippen LogP contribution in [-0.2, 0) is 19.6 Å². The molecule has 7 nitrogen and oxygen atoms in total. The first-order valence-corrected chi connectivity index (χ1v) is 11.7. The van der Waals surface area contributed by atoms with Crippen molar-refractivity contribution in [3.05, 3.63) is 47.3 Å². The Kier molecular flexibility index (Phi) is 6.21. The number of rotatable bonds is 6. The van der Waals surface area contributed by atoms with Crippen LogP contribution in [0.15, 0.2) is 50.4 Å². The van der Waals surface area contributed by atoms with Crippen molar-refractivity contribution in [2.75, 3.05) is 11.9 Å². The first kappa shape index (κ1) is 20.6. The molecule has 10 heteroatoms. The number of carbonyl (C=O) groups excluding carboxylic acids is 2. The Bertz CT molecular complexity index is 999. The van der Waals surface area contributed by atoms with Gasteiger partial charge in [0, 0.05) is 18.7 Å². The lowest BCUT2D eigenvalue weighted by Gasteiger charge is -2.13. The molecule has 2 heterocycles. The van der Waals surface area contributed by atoms with Crippen LogP contribution in [0.4, 0.5) is 5.69 Å². The van der Waals surface area contributed by atoms with Gasteiger partial charge in [-0.2, -0.15) is 8.42 Å². The molecule has 1 aromatic heterocycles. The number of amidine groups is 1. The first-order valence-electron chi connectivity index (χ1n) is 8.53. The second-order valence-electron chi connectivity index (χ2n) is 6.09. The molecule has 1 N–H and O–H groups in total. The highest BCUT2D eigenvalue weighted by atomic mass is 32.2. The van der Waals surface area contributed by atoms with Crippen molar-refractivity contribution in [2.45, 2.75) is 29.7 Å². The number of nitrogens with zero attached hydrogens (tertiary/aromatic N) is 2. The van der Waals surface area contributed by atoms with Crippen LogP contribution in [0.3, 0.4) is 0 Å². The summed E-state index contributed by atoms with van der Waals surface area (Å²) in [7, 11) is -3.88. The molecule has 2 amide bonds. The molecule has 1 aromatic carbocycles. The van der Waals surface area contributed by atoms with Gasteiger partial charge in [-0.1, -0.05) is 35.5 Å². The van der Waals surface area contributed by atoms with Gasteiger partial charge in [0.25, 0.3) is 10.0 Å². The third-order valence-corrected chi connectivity index (χ3v) is 7.92. The summed E-state index contributed by atoms with van der Waals surface area (Å²) in [6, 6.07) is 10.4. The molecule has 0 bridgehead atoms. The van der Waals surface area contributed by atoms with Crippen LogP contribution in [-0.4, -0.2) is 42.1 Å². The maximum Gasteiger partial charge on any atom is 0.294 e. The molecule has 1 aliphatic rings. The number of nitrogens with one attached hydrogen (secondary N) is 1. The van der Waals surface area contributed by atoms with Crippen LogP contribution >= 0.6 is 23.1 Å². The number of hydrogen-bond donors (Lipinski definition) is 1. The molecule has 1 saturated heterocycles. The first-order chi connectivity index (χ1) is 13.3. The summed E-state index contributed by atoms with van der Waals surface area (Å²) in [6.07, 6.45) is -0.0635. The van der Waals surface area contributed by atoms with E-state index >= 15 is 0 Å². The van der Waals surface area contributed by atoms with E-state index in [1.165, 1.54) is 11.0 Å². The van der Waals surface area contributed by atoms with Gasteiger partial charge in [0.05, 0.1) is 0 Å². The molecule has 1 fully saturated rings. The Hall–Kier alpha value is -2.17. The van der Waals surface area contributed by atoms with E-state index in [-0.39, 0.29) is 34.2 Å². The van der Waals surface area contributed by atoms with Crippen LogP contribution in [0.2, 0.25) is 0 Å². The van der Waals surface area contributed by atoms with E-state index in [9.17, 15) is 18.0 Å². The molecule has 2 aromatic rings. The van der Waals surface area contributed by atoms with Crippen LogP contribution in [0.5, 0.6) is 0 Å². The Balaban J connectivity index is 1.73. The Labute approximate surface area is 171 Å². The monoisotopic (exact) mass is 437 g/mol. The van der Waals surface area contributed by atoms with Crippen molar-refractivity contribution in [3.8, 4) is 0 Å². The Morgan fingerprint density at radius 3 is 2.57 bits per heavy atom. The summed E-state index contributed by atoms with van der Waals surface area (Å²) in [5, 5.41) is 3.80. The minimum absolute atomic E-state index is 0.0635. The largest absolute Gasteiger partial charge is 0.326 e. The molecule has 0 radical (unpaired) electrons. The number of benzene rings is 1. The Morgan fingerprint density at radius 2 is 1.96 bits per heavy atom. The highest BCUT2D eigenvalue weighted by Gasteiger charge is 2.39. The van der Waals surface area contributed by atoms with Crippen molar-refractivity contribution in [1.82, 2.24) is 4.90 Å². The number of sulfonamides is 1. The van der Waals surface area contributed by atoms with Gasteiger partial charge >= 0.3 is 0 Å². The summed E-state index contributed by atoms with van der Waals surface area (Å²) in [5.41, 5.74) is 1.72. The van der Waals surface area contributed by atoms with E-state index in [2.05, 4.69) is 9.71 Å². The average molecular weight is 438 g/mol. The highest BCUT2D eigenvalue weighted by molar-refractivity contribution is 8.16. The van der Waals surface area contributed by atoms with Crippen LogP contribution in [0.25, 0.3) is 0 Å². The van der Waals surface area contributed by atoms with E-state index in [0.717, 1.165) is 28.7 Å². The quantitative estimate of drug-likeness (QED) is 0.749. The SMILES string of the molecule is CCN1C(=O)C(CC(=O)Nc2ccc(C)cc2)S/C1=N/S(=O)(=O)c1cccs1. The second kappa shape index (κ2) is 8.46. The van der Waals surface area contributed by atoms with E-state index in [1.54, 1.807) is 30.5 Å². The van der Waals surface area contributed by atoms with E-state index in [0.29, 0.717) is 5.69 Å². The number of thiophene rings is 1. The minimum atomic E-state index is -3.88. The molecule has 1 unspecified atom stereocenters. The van der Waals surface area contributed by atoms with Crippen LogP contribution < -0.4 is 5.32 Å². The number of hydrogen-bond acceptors (Lipinski definition) is 6. The van der Waals surface area contributed by atoms with Crippen molar-refractivity contribution in [1.29, 1.82) is 0 Å². The lowest BCUT2D eigenvalue weighted by molar-refractivity contribution is -0.128. The third kappa shape index (κ3) is 4.62. The molecule has 1 atom stereocenters. The van der Waals surface area contributed by atoms with Crippen LogP contribution in [0.1, 0.15) is 18.9 Å². The fourth-order valence-corrected chi connectivity index (χ4v) is 5.96. The predicted molar refractivity (Wildman–Crippen MR) is 112 cm³/mol. The number of carbonyl (C=O) groups is 2. The normalized spacial score (nSPS) is 18.6. The second-order valence-corrected chi connectivity index (χ2v) is 10.0. The van der Waals surface area contributed by atoms with Gasteiger partial charge in [-0.3, -0.25) is 14.5 Å². The Morgan fingerprint density at radius 1 is 1.25 bits per heavy atom. The lowest BCUT2D eigenvalue weighted by atomic mass is 10.2. The zero-order chi connectivity index (χ0) is 20.3. The number of thioether (sulfide) groups is 1. The predicted octanol–water partition coefficient (Wildman–Crippen LogP) is 3.09. The number of amides is 2. The zero-order valence-electron chi connectivity index (χ0n) is 15.3. The molecule has 0 saturated carbocycles. The topological polar surface area (TPSA) is 95.9 Å². The maximum absolute atomic E-state index is 12.6. The van der Waals surface area contributed by atoms with Gasteiger partial charge in [-0.15, -0.1) is 15.7 Å². The van der Waals surface area contributed by atoms with Gasteiger partial charge in [-0.05, 0) is 37.4 Å². The van der Waals surface area contributed by atoms with Crippen molar-refractivity contribution in [2.24, 2.45) is 4.40 Å². The third-order valence-electron chi connectivity index (χ3n) is 3.99. The van der Waals surface area contributed by atoms with Gasteiger partial charge in [0.1, 0.15) is 9.46 Å². The van der Waals surface area contributed by atoms with Crippen molar-refractivity contribution >= 4 is 55.8 Å². The van der Waals surface area contributed by atoms with Crippen molar-refractivity contribution < 1.29 is 18.0 Å². The fourth-order valence-electron chi connectivity index (χ4n) is 2.58. The zero-order valence-corrected chi connectivity index (χ0v) is 17.7. The lowest BCUT2D eigenvalue weighted by Crippen LogP contribution is -2.33. The van der Waals surface area contributed by atoms with Gasteiger partial charge in [-0.25, -0.2) is 0 Å². The van der Waals surface area contributed by atoms with Crippen molar-refractivity contribution in [3.63, 3.8) is 0 Å². The fraction of sp³-hybridized carbons (Fsp3) is 0.278. The highest BCUT2D eigenvalue weighted by Crippen LogP contribution is 2.31. The molecule has 0 spiro atoms. The maximum atomic E-state index is 12.6. The summed E-state index contributed by atoms with van der Waals surface area (Å²) in [5.74, 6) is -0.625. The summed E-state index contributed by atoms with van der Waals surface area (Å²) >= 11 is 2.07. The average Bonchev–Trinajstić information content (AvgIpc) is 3.27.